The summed E-state index contributed by atoms with van der Waals surface area (Å²) in [6.45, 7) is 0. The highest BCUT2D eigenvalue weighted by Crippen LogP contribution is 2.41. The molecule has 2 atom stereocenters. The van der Waals surface area contributed by atoms with Gasteiger partial charge in [-0.15, -0.1) is 0 Å². The van der Waals surface area contributed by atoms with E-state index in [2.05, 4.69) is 15.9 Å². The molecule has 20 heavy (non-hydrogen) atoms. The minimum absolute atomic E-state index is 0.0693. The zero-order valence-electron chi connectivity index (χ0n) is 10.5. The maximum Gasteiger partial charge on any atom is 0.134 e. The second-order valence-electron chi connectivity index (χ2n) is 4.84. The van der Waals surface area contributed by atoms with E-state index in [0.29, 0.717) is 11.4 Å². The van der Waals surface area contributed by atoms with E-state index in [1.54, 1.807) is 12.1 Å². The van der Waals surface area contributed by atoms with E-state index in [0.717, 1.165) is 21.3 Å². The average molecular weight is 355 g/mol. The van der Waals surface area contributed by atoms with Crippen LogP contribution in [0.2, 0.25) is 5.02 Å². The standard InChI is InChI=1S/C15H13BrClNO2/c16-9-2-4-14-10(6-9)12(18)7-15(20-14)8-1-3-13(19)11(17)5-8/h1-6,12,15,19H,7,18H2/t12-,15?/m1/s1. The van der Waals surface area contributed by atoms with Gasteiger partial charge in [0.25, 0.3) is 0 Å². The molecule has 104 valence electrons. The SMILES string of the molecule is N[C@@H]1CC(c2ccc(O)c(Cl)c2)Oc2ccc(Br)cc21. The van der Waals surface area contributed by atoms with Crippen LogP contribution in [0.1, 0.15) is 29.7 Å². The summed E-state index contributed by atoms with van der Waals surface area (Å²) in [7, 11) is 0. The number of hydrogen-bond acceptors (Lipinski definition) is 3. The van der Waals surface area contributed by atoms with Gasteiger partial charge in [0.1, 0.15) is 17.6 Å². The first kappa shape index (κ1) is 13.7. The fourth-order valence-corrected chi connectivity index (χ4v) is 2.97. The molecule has 3 nitrogen and oxygen atoms in total. The van der Waals surface area contributed by atoms with E-state index in [-0.39, 0.29) is 17.9 Å². The molecule has 0 saturated heterocycles. The number of aromatic hydroxyl groups is 1. The maximum atomic E-state index is 9.48. The van der Waals surface area contributed by atoms with E-state index in [4.69, 9.17) is 22.1 Å². The third-order valence-corrected chi connectivity index (χ3v) is 4.25. The Kier molecular flexibility index (Phi) is 3.63. The molecule has 0 aromatic heterocycles. The van der Waals surface area contributed by atoms with E-state index in [1.807, 2.05) is 24.3 Å². The number of phenols is 1. The van der Waals surface area contributed by atoms with E-state index in [9.17, 15) is 5.11 Å². The fourth-order valence-electron chi connectivity index (χ4n) is 2.40. The number of rotatable bonds is 1. The number of phenolic OH excluding ortho intramolecular Hbond substituents is 1. The quantitative estimate of drug-likeness (QED) is 0.801. The Labute approximate surface area is 130 Å². The van der Waals surface area contributed by atoms with E-state index in [1.165, 1.54) is 0 Å². The summed E-state index contributed by atoms with van der Waals surface area (Å²) in [5.74, 6) is 0.862. The summed E-state index contributed by atoms with van der Waals surface area (Å²) in [5.41, 5.74) is 8.14. The van der Waals surface area contributed by atoms with Crippen molar-refractivity contribution in [3.63, 3.8) is 0 Å². The Morgan fingerprint density at radius 2 is 2.05 bits per heavy atom. The first-order chi connectivity index (χ1) is 9.54. The molecular weight excluding hydrogens is 342 g/mol. The van der Waals surface area contributed by atoms with Gasteiger partial charge in [-0.1, -0.05) is 33.6 Å². The maximum absolute atomic E-state index is 9.48. The van der Waals surface area contributed by atoms with Gasteiger partial charge in [0.05, 0.1) is 5.02 Å². The lowest BCUT2D eigenvalue weighted by atomic mass is 9.93. The Bertz CT molecular complexity index is 662. The summed E-state index contributed by atoms with van der Waals surface area (Å²) < 4.78 is 6.98. The van der Waals surface area contributed by atoms with Crippen molar-refractivity contribution in [2.75, 3.05) is 0 Å². The van der Waals surface area contributed by atoms with Crippen molar-refractivity contribution >= 4 is 27.5 Å². The van der Waals surface area contributed by atoms with Crippen LogP contribution in [-0.4, -0.2) is 5.11 Å². The van der Waals surface area contributed by atoms with Crippen LogP contribution < -0.4 is 10.5 Å². The monoisotopic (exact) mass is 353 g/mol. The number of ether oxygens (including phenoxy) is 1. The molecule has 1 aliphatic heterocycles. The van der Waals surface area contributed by atoms with E-state index < -0.39 is 0 Å². The van der Waals surface area contributed by atoms with Gasteiger partial charge >= 0.3 is 0 Å². The number of hydrogen-bond donors (Lipinski definition) is 2. The molecule has 0 bridgehead atoms. The molecule has 0 fully saturated rings. The topological polar surface area (TPSA) is 55.5 Å². The van der Waals surface area contributed by atoms with E-state index >= 15 is 0 Å². The molecule has 0 amide bonds. The number of fused-ring (bicyclic) bond motifs is 1. The zero-order chi connectivity index (χ0) is 14.3. The number of halogens is 2. The lowest BCUT2D eigenvalue weighted by molar-refractivity contribution is 0.161. The molecule has 1 heterocycles. The molecule has 3 rings (SSSR count). The van der Waals surface area contributed by atoms with Crippen LogP contribution >= 0.6 is 27.5 Å². The minimum Gasteiger partial charge on any atom is -0.506 e. The molecule has 0 aliphatic carbocycles. The molecular formula is C15H13BrClNO2. The number of nitrogens with two attached hydrogens (primary N) is 1. The summed E-state index contributed by atoms with van der Waals surface area (Å²) in [6.07, 6.45) is 0.515. The lowest BCUT2D eigenvalue weighted by Gasteiger charge is -2.30. The van der Waals surface area contributed by atoms with Gasteiger partial charge in [-0.25, -0.2) is 0 Å². The molecule has 0 radical (unpaired) electrons. The average Bonchev–Trinajstić information content (AvgIpc) is 2.42. The minimum atomic E-state index is -0.156. The first-order valence-corrected chi connectivity index (χ1v) is 7.42. The highest BCUT2D eigenvalue weighted by Gasteiger charge is 2.27. The normalized spacial score (nSPS) is 21.1. The smallest absolute Gasteiger partial charge is 0.134 e. The molecule has 0 spiro atoms. The van der Waals surface area contributed by atoms with Crippen molar-refractivity contribution in [3.8, 4) is 11.5 Å². The zero-order valence-corrected chi connectivity index (χ0v) is 12.9. The summed E-state index contributed by atoms with van der Waals surface area (Å²) in [6, 6.07) is 10.8. The van der Waals surface area contributed by atoms with Crippen LogP contribution in [0, 0.1) is 0 Å². The predicted molar refractivity (Wildman–Crippen MR) is 82.2 cm³/mol. The van der Waals surface area contributed by atoms with Crippen LogP contribution in [0.3, 0.4) is 0 Å². The first-order valence-electron chi connectivity index (χ1n) is 6.24. The van der Waals surface area contributed by atoms with Crippen LogP contribution in [0.4, 0.5) is 0 Å². The van der Waals surface area contributed by atoms with Crippen molar-refractivity contribution in [3.05, 3.63) is 57.0 Å². The molecule has 2 aromatic rings. The van der Waals surface area contributed by atoms with Gasteiger partial charge in [-0.05, 0) is 35.9 Å². The molecule has 1 aliphatic rings. The van der Waals surface area contributed by atoms with Crippen molar-refractivity contribution < 1.29 is 9.84 Å². The van der Waals surface area contributed by atoms with Crippen molar-refractivity contribution in [1.29, 1.82) is 0 Å². The Morgan fingerprint density at radius 1 is 1.25 bits per heavy atom. The Balaban J connectivity index is 1.94. The van der Waals surface area contributed by atoms with Crippen LogP contribution in [0.25, 0.3) is 0 Å². The molecule has 5 heteroatoms. The third kappa shape index (κ3) is 2.51. The summed E-state index contributed by atoms with van der Waals surface area (Å²) in [5, 5.41) is 9.80. The molecule has 3 N–H and O–H groups in total. The van der Waals surface area contributed by atoms with Crippen LogP contribution in [0.15, 0.2) is 40.9 Å². The second-order valence-corrected chi connectivity index (χ2v) is 6.16. The van der Waals surface area contributed by atoms with Gasteiger partial charge < -0.3 is 15.6 Å². The largest absolute Gasteiger partial charge is 0.506 e. The third-order valence-electron chi connectivity index (χ3n) is 3.45. The highest BCUT2D eigenvalue weighted by molar-refractivity contribution is 9.10. The Morgan fingerprint density at radius 3 is 2.80 bits per heavy atom. The molecule has 1 unspecified atom stereocenters. The van der Waals surface area contributed by atoms with Gasteiger partial charge in [0.15, 0.2) is 0 Å². The van der Waals surface area contributed by atoms with Gasteiger partial charge in [-0.3, -0.25) is 0 Å². The highest BCUT2D eigenvalue weighted by atomic mass is 79.9. The van der Waals surface area contributed by atoms with Gasteiger partial charge in [-0.2, -0.15) is 0 Å². The second kappa shape index (κ2) is 5.28. The van der Waals surface area contributed by atoms with Crippen molar-refractivity contribution in [1.82, 2.24) is 0 Å². The molecule has 2 aromatic carbocycles. The van der Waals surface area contributed by atoms with Gasteiger partial charge in [0.2, 0.25) is 0 Å². The summed E-state index contributed by atoms with van der Waals surface area (Å²) >= 11 is 9.39. The summed E-state index contributed by atoms with van der Waals surface area (Å²) in [4.78, 5) is 0. The predicted octanol–water partition coefficient (Wildman–Crippen LogP) is 4.33. The lowest BCUT2D eigenvalue weighted by Crippen LogP contribution is -2.24. The number of benzene rings is 2. The van der Waals surface area contributed by atoms with Gasteiger partial charge in [0, 0.05) is 22.5 Å². The fraction of sp³-hybridized carbons (Fsp3) is 0.200. The van der Waals surface area contributed by atoms with Crippen LogP contribution in [-0.2, 0) is 0 Å². The van der Waals surface area contributed by atoms with Crippen LogP contribution in [0.5, 0.6) is 11.5 Å². The van der Waals surface area contributed by atoms with Crippen molar-refractivity contribution in [2.24, 2.45) is 5.73 Å². The Hall–Kier alpha value is -1.23. The van der Waals surface area contributed by atoms with Crippen molar-refractivity contribution in [2.45, 2.75) is 18.6 Å². The molecule has 0 saturated carbocycles.